The minimum atomic E-state index is -0.388. The van der Waals surface area contributed by atoms with E-state index in [0.717, 1.165) is 15.7 Å². The summed E-state index contributed by atoms with van der Waals surface area (Å²) < 4.78 is 20.7. The van der Waals surface area contributed by atoms with Crippen molar-refractivity contribution < 1.29 is 9.13 Å². The molecule has 0 unspecified atom stereocenters. The number of nitrogens with one attached hydrogen (secondary N) is 1. The van der Waals surface area contributed by atoms with Crippen LogP contribution in [0.25, 0.3) is 0 Å². The van der Waals surface area contributed by atoms with Crippen LogP contribution in [0.5, 0.6) is 5.75 Å². The van der Waals surface area contributed by atoms with E-state index in [1.54, 1.807) is 24.3 Å². The van der Waals surface area contributed by atoms with E-state index in [1.807, 2.05) is 30.3 Å². The molecule has 0 heterocycles. The molecular formula is C20H15BrCl2FNO. The number of ether oxygens (including phenoxy) is 1. The number of benzene rings is 3. The molecule has 0 saturated heterocycles. The molecule has 0 amide bonds. The van der Waals surface area contributed by atoms with Gasteiger partial charge >= 0.3 is 0 Å². The van der Waals surface area contributed by atoms with Gasteiger partial charge in [0.05, 0.1) is 5.02 Å². The summed E-state index contributed by atoms with van der Waals surface area (Å²) in [7, 11) is 0. The molecule has 0 aliphatic rings. The fraction of sp³-hybridized carbons (Fsp3) is 0.100. The lowest BCUT2D eigenvalue weighted by Gasteiger charge is -2.14. The zero-order chi connectivity index (χ0) is 18.5. The number of hydrogen-bond acceptors (Lipinski definition) is 2. The van der Waals surface area contributed by atoms with Gasteiger partial charge in [-0.2, -0.15) is 0 Å². The van der Waals surface area contributed by atoms with E-state index in [1.165, 1.54) is 6.07 Å². The Morgan fingerprint density at radius 1 is 1.00 bits per heavy atom. The van der Waals surface area contributed by atoms with Gasteiger partial charge in [0.15, 0.2) is 0 Å². The van der Waals surface area contributed by atoms with Gasteiger partial charge < -0.3 is 10.1 Å². The highest BCUT2D eigenvalue weighted by Crippen LogP contribution is 2.27. The third kappa shape index (κ3) is 4.91. The lowest BCUT2D eigenvalue weighted by molar-refractivity contribution is 0.297. The summed E-state index contributed by atoms with van der Waals surface area (Å²) >= 11 is 15.6. The number of rotatable bonds is 6. The van der Waals surface area contributed by atoms with Crippen LogP contribution >= 0.6 is 39.1 Å². The molecule has 0 fully saturated rings. The monoisotopic (exact) mass is 453 g/mol. The number of anilines is 1. The molecule has 3 aromatic rings. The molecule has 0 aromatic heterocycles. The predicted molar refractivity (Wildman–Crippen MR) is 109 cm³/mol. The Morgan fingerprint density at radius 2 is 1.77 bits per heavy atom. The van der Waals surface area contributed by atoms with E-state index in [9.17, 15) is 4.39 Å². The molecule has 0 spiro atoms. The maximum Gasteiger partial charge on any atom is 0.131 e. The molecule has 0 radical (unpaired) electrons. The van der Waals surface area contributed by atoms with Gasteiger partial charge in [-0.25, -0.2) is 4.39 Å². The molecule has 3 rings (SSSR count). The van der Waals surface area contributed by atoms with E-state index in [-0.39, 0.29) is 12.4 Å². The molecule has 1 N–H and O–H groups in total. The molecule has 0 bridgehead atoms. The first-order valence-corrected chi connectivity index (χ1v) is 9.41. The van der Waals surface area contributed by atoms with E-state index >= 15 is 0 Å². The van der Waals surface area contributed by atoms with Gasteiger partial charge in [-0.05, 0) is 54.6 Å². The minimum absolute atomic E-state index is 0.0401. The first-order chi connectivity index (χ1) is 12.5. The minimum Gasteiger partial charge on any atom is -0.488 e. The second-order valence-corrected chi connectivity index (χ2v) is 7.36. The Bertz CT molecular complexity index is 883. The lowest BCUT2D eigenvalue weighted by Crippen LogP contribution is -2.05. The van der Waals surface area contributed by atoms with Crippen LogP contribution in [-0.2, 0) is 13.2 Å². The summed E-state index contributed by atoms with van der Waals surface area (Å²) in [6.45, 7) is 0.557. The first kappa shape index (κ1) is 19.0. The molecule has 2 nitrogen and oxygen atoms in total. The van der Waals surface area contributed by atoms with Crippen molar-refractivity contribution in [2.45, 2.75) is 13.2 Å². The zero-order valence-corrected chi connectivity index (χ0v) is 16.7. The van der Waals surface area contributed by atoms with Gasteiger partial charge in [0.1, 0.15) is 18.2 Å². The highest BCUT2D eigenvalue weighted by molar-refractivity contribution is 9.10. The number of halogens is 4. The van der Waals surface area contributed by atoms with Crippen LogP contribution in [0.2, 0.25) is 10.0 Å². The standard InChI is InChI=1S/C20H15BrCl2FNO/c21-14-4-7-16(8-5-14)25-11-13-10-15(22)6-9-20(13)26-12-17-18(23)2-1-3-19(17)24/h1-10,25H,11-12H2. The fourth-order valence-electron chi connectivity index (χ4n) is 2.41. The summed E-state index contributed by atoms with van der Waals surface area (Å²) in [5.74, 6) is 0.235. The van der Waals surface area contributed by atoms with Crippen LogP contribution in [0.1, 0.15) is 11.1 Å². The zero-order valence-electron chi connectivity index (χ0n) is 13.6. The smallest absolute Gasteiger partial charge is 0.131 e. The molecule has 0 saturated carbocycles. The van der Waals surface area contributed by atoms with Crippen molar-refractivity contribution in [3.05, 3.63) is 92.1 Å². The van der Waals surface area contributed by atoms with Gasteiger partial charge in [0.25, 0.3) is 0 Å². The van der Waals surface area contributed by atoms with Crippen molar-refractivity contribution in [2.24, 2.45) is 0 Å². The Kier molecular flexibility index (Phi) is 6.41. The van der Waals surface area contributed by atoms with Gasteiger partial charge in [-0.1, -0.05) is 45.2 Å². The summed E-state index contributed by atoms with van der Waals surface area (Å²) in [5.41, 5.74) is 2.17. The number of hydrogen-bond donors (Lipinski definition) is 1. The van der Waals surface area contributed by atoms with Gasteiger partial charge in [-0.3, -0.25) is 0 Å². The highest BCUT2D eigenvalue weighted by Gasteiger charge is 2.10. The molecule has 3 aromatic carbocycles. The van der Waals surface area contributed by atoms with E-state index in [2.05, 4.69) is 21.2 Å². The average Bonchev–Trinajstić information content (AvgIpc) is 2.62. The summed E-state index contributed by atoms with van der Waals surface area (Å²) in [4.78, 5) is 0. The molecular weight excluding hydrogens is 440 g/mol. The van der Waals surface area contributed by atoms with Crippen LogP contribution in [0.15, 0.2) is 65.1 Å². The van der Waals surface area contributed by atoms with Crippen LogP contribution in [0.3, 0.4) is 0 Å². The Balaban J connectivity index is 1.74. The topological polar surface area (TPSA) is 21.3 Å². The van der Waals surface area contributed by atoms with Crippen molar-refractivity contribution >= 4 is 44.8 Å². The van der Waals surface area contributed by atoms with E-state index in [4.69, 9.17) is 27.9 Å². The Hall–Kier alpha value is -1.75. The van der Waals surface area contributed by atoms with Crippen molar-refractivity contribution in [2.75, 3.05) is 5.32 Å². The largest absolute Gasteiger partial charge is 0.488 e. The lowest BCUT2D eigenvalue weighted by atomic mass is 10.2. The Morgan fingerprint density at radius 3 is 2.50 bits per heavy atom. The average molecular weight is 455 g/mol. The van der Waals surface area contributed by atoms with Gasteiger partial charge in [0, 0.05) is 32.9 Å². The van der Waals surface area contributed by atoms with E-state index < -0.39 is 0 Å². The van der Waals surface area contributed by atoms with Crippen LogP contribution in [-0.4, -0.2) is 0 Å². The second kappa shape index (κ2) is 8.76. The van der Waals surface area contributed by atoms with Crippen LogP contribution in [0.4, 0.5) is 10.1 Å². The molecule has 134 valence electrons. The van der Waals surface area contributed by atoms with Crippen LogP contribution < -0.4 is 10.1 Å². The van der Waals surface area contributed by atoms with Crippen molar-refractivity contribution in [1.82, 2.24) is 0 Å². The first-order valence-electron chi connectivity index (χ1n) is 7.86. The van der Waals surface area contributed by atoms with Crippen molar-refractivity contribution in [1.29, 1.82) is 0 Å². The van der Waals surface area contributed by atoms with Gasteiger partial charge in [-0.15, -0.1) is 0 Å². The quantitative estimate of drug-likeness (QED) is 0.429. The molecule has 0 aliphatic heterocycles. The van der Waals surface area contributed by atoms with E-state index in [0.29, 0.717) is 27.9 Å². The van der Waals surface area contributed by atoms with Gasteiger partial charge in [0.2, 0.25) is 0 Å². The Labute approximate surface area is 170 Å². The summed E-state index contributed by atoms with van der Waals surface area (Å²) in [5, 5.41) is 4.26. The normalized spacial score (nSPS) is 10.6. The van der Waals surface area contributed by atoms with Crippen molar-refractivity contribution in [3.63, 3.8) is 0 Å². The SMILES string of the molecule is Fc1cccc(Cl)c1COc1ccc(Cl)cc1CNc1ccc(Br)cc1. The predicted octanol–water partition coefficient (Wildman–Crippen LogP) is 7.09. The third-order valence-electron chi connectivity index (χ3n) is 3.78. The maximum atomic E-state index is 13.9. The van der Waals surface area contributed by atoms with Crippen molar-refractivity contribution in [3.8, 4) is 5.75 Å². The molecule has 26 heavy (non-hydrogen) atoms. The van der Waals surface area contributed by atoms with Crippen LogP contribution in [0, 0.1) is 5.82 Å². The second-order valence-electron chi connectivity index (χ2n) is 5.60. The summed E-state index contributed by atoms with van der Waals surface area (Å²) in [6.07, 6.45) is 0. The third-order valence-corrected chi connectivity index (χ3v) is 4.90. The summed E-state index contributed by atoms with van der Waals surface area (Å²) in [6, 6.07) is 17.8. The highest BCUT2D eigenvalue weighted by atomic mass is 79.9. The molecule has 0 atom stereocenters. The molecule has 6 heteroatoms. The maximum absolute atomic E-state index is 13.9. The molecule has 0 aliphatic carbocycles. The fourth-order valence-corrected chi connectivity index (χ4v) is 3.09.